The van der Waals surface area contributed by atoms with Crippen LogP contribution in [0.3, 0.4) is 0 Å². The smallest absolute Gasteiger partial charge is 0.320 e. The molecule has 0 bridgehead atoms. The minimum atomic E-state index is 0.108. The van der Waals surface area contributed by atoms with Crippen LogP contribution in [-0.2, 0) is 0 Å². The summed E-state index contributed by atoms with van der Waals surface area (Å²) in [5, 5.41) is 9.14. The van der Waals surface area contributed by atoms with Crippen LogP contribution in [-0.4, -0.2) is 60.1 Å². The van der Waals surface area contributed by atoms with Crippen LogP contribution in [0.5, 0.6) is 0 Å². The third-order valence-corrected chi connectivity index (χ3v) is 3.80. The first-order valence-electron chi connectivity index (χ1n) is 6.31. The third kappa shape index (κ3) is 1.87. The number of amides is 2. The largest absolute Gasteiger partial charge is 0.365 e. The predicted octanol–water partition coefficient (Wildman–Crippen LogP) is 0.509. The maximum Gasteiger partial charge on any atom is 0.320 e. The molecule has 3 rings (SSSR count). The number of hydrogen-bond acceptors (Lipinski definition) is 4. The zero-order valence-corrected chi connectivity index (χ0v) is 10.8. The first kappa shape index (κ1) is 11.8. The highest BCUT2D eigenvalue weighted by atomic mass is 16.2. The number of nitrogens with zero attached hydrogens (tertiary/aromatic N) is 5. The molecule has 2 aliphatic heterocycles. The van der Waals surface area contributed by atoms with Gasteiger partial charge in [-0.25, -0.2) is 4.79 Å². The van der Waals surface area contributed by atoms with Gasteiger partial charge >= 0.3 is 6.03 Å². The highest BCUT2D eigenvalue weighted by molar-refractivity contribution is 5.77. The predicted molar refractivity (Wildman–Crippen MR) is 69.7 cm³/mol. The Balaban J connectivity index is 1.83. The van der Waals surface area contributed by atoms with Crippen molar-refractivity contribution >= 4 is 11.7 Å². The number of rotatable bonds is 1. The fraction of sp³-hybridized carbons (Fsp3) is 0.462. The SMILES string of the molecule is CN1CC2CN(c3cnccc3C#N)CCN2C1=O. The van der Waals surface area contributed by atoms with Gasteiger partial charge in [0.05, 0.1) is 23.5 Å². The monoisotopic (exact) mass is 257 g/mol. The van der Waals surface area contributed by atoms with E-state index >= 15 is 0 Å². The number of carbonyl (C=O) groups is 1. The van der Waals surface area contributed by atoms with Gasteiger partial charge in [0.15, 0.2) is 0 Å². The Bertz CT molecular complexity index is 552. The van der Waals surface area contributed by atoms with Crippen LogP contribution in [0, 0.1) is 11.3 Å². The lowest BCUT2D eigenvalue weighted by molar-refractivity contribution is 0.187. The highest BCUT2D eigenvalue weighted by Crippen LogP contribution is 2.25. The van der Waals surface area contributed by atoms with E-state index in [4.69, 9.17) is 5.26 Å². The van der Waals surface area contributed by atoms with E-state index in [-0.39, 0.29) is 12.1 Å². The quantitative estimate of drug-likeness (QED) is 0.735. The Morgan fingerprint density at radius 3 is 3.05 bits per heavy atom. The fourth-order valence-corrected chi connectivity index (χ4v) is 2.83. The number of urea groups is 1. The molecule has 3 heterocycles. The van der Waals surface area contributed by atoms with Crippen molar-refractivity contribution in [3.05, 3.63) is 24.0 Å². The van der Waals surface area contributed by atoms with Gasteiger partial charge in [-0.1, -0.05) is 0 Å². The van der Waals surface area contributed by atoms with Crippen LogP contribution >= 0.6 is 0 Å². The number of anilines is 1. The highest BCUT2D eigenvalue weighted by Gasteiger charge is 2.39. The summed E-state index contributed by atoms with van der Waals surface area (Å²) in [6.45, 7) is 2.96. The Morgan fingerprint density at radius 2 is 2.26 bits per heavy atom. The molecule has 2 saturated heterocycles. The summed E-state index contributed by atoms with van der Waals surface area (Å²) in [5.41, 5.74) is 1.51. The molecule has 2 fully saturated rings. The van der Waals surface area contributed by atoms with E-state index in [0.29, 0.717) is 12.1 Å². The van der Waals surface area contributed by atoms with Crippen molar-refractivity contribution in [2.24, 2.45) is 0 Å². The second-order valence-corrected chi connectivity index (χ2v) is 4.96. The molecule has 98 valence electrons. The lowest BCUT2D eigenvalue weighted by Gasteiger charge is -2.37. The number of hydrogen-bond donors (Lipinski definition) is 0. The molecule has 6 heteroatoms. The molecule has 1 aromatic rings. The van der Waals surface area contributed by atoms with Gasteiger partial charge in [0, 0.05) is 39.4 Å². The molecular formula is C13H15N5O. The Morgan fingerprint density at radius 1 is 1.42 bits per heavy atom. The molecule has 0 radical (unpaired) electrons. The molecular weight excluding hydrogens is 242 g/mol. The molecule has 2 aliphatic rings. The molecule has 1 atom stereocenters. The van der Waals surface area contributed by atoms with Crippen LogP contribution in [0.4, 0.5) is 10.5 Å². The lowest BCUT2D eigenvalue weighted by Crippen LogP contribution is -2.52. The van der Waals surface area contributed by atoms with Crippen molar-refractivity contribution in [1.29, 1.82) is 5.26 Å². The average molecular weight is 257 g/mol. The zero-order chi connectivity index (χ0) is 13.4. The number of likely N-dealkylation sites (N-methyl/N-ethyl adjacent to an activating group) is 1. The standard InChI is InChI=1S/C13H15N5O/c1-16-8-11-9-17(4-5-18(11)13(16)19)12-7-15-3-2-10(12)6-14/h2-3,7,11H,4-5,8-9H2,1H3. The maximum absolute atomic E-state index is 11.9. The maximum atomic E-state index is 11.9. The van der Waals surface area contributed by atoms with Crippen molar-refractivity contribution in [2.45, 2.75) is 6.04 Å². The topological polar surface area (TPSA) is 63.5 Å². The summed E-state index contributed by atoms with van der Waals surface area (Å²) in [5.74, 6) is 0. The van der Waals surface area contributed by atoms with Crippen LogP contribution in [0.1, 0.15) is 5.56 Å². The summed E-state index contributed by atoms with van der Waals surface area (Å²) in [4.78, 5) is 21.8. The van der Waals surface area contributed by atoms with Gasteiger partial charge in [-0.3, -0.25) is 4.98 Å². The summed E-state index contributed by atoms with van der Waals surface area (Å²) in [7, 11) is 1.83. The number of pyridine rings is 1. The molecule has 0 spiro atoms. The summed E-state index contributed by atoms with van der Waals surface area (Å²) in [6, 6.07) is 4.24. The molecule has 0 saturated carbocycles. The van der Waals surface area contributed by atoms with Crippen molar-refractivity contribution in [3.8, 4) is 6.07 Å². The van der Waals surface area contributed by atoms with Crippen molar-refractivity contribution in [2.75, 3.05) is 38.1 Å². The van der Waals surface area contributed by atoms with Gasteiger partial charge < -0.3 is 14.7 Å². The van der Waals surface area contributed by atoms with Crippen LogP contribution in [0.2, 0.25) is 0 Å². The third-order valence-electron chi connectivity index (χ3n) is 3.80. The number of carbonyl (C=O) groups excluding carboxylic acids is 1. The summed E-state index contributed by atoms with van der Waals surface area (Å²) >= 11 is 0. The lowest BCUT2D eigenvalue weighted by atomic mass is 10.1. The fourth-order valence-electron chi connectivity index (χ4n) is 2.83. The first-order chi connectivity index (χ1) is 9.20. The van der Waals surface area contributed by atoms with Crippen LogP contribution in [0.15, 0.2) is 18.5 Å². The van der Waals surface area contributed by atoms with Crippen molar-refractivity contribution in [3.63, 3.8) is 0 Å². The van der Waals surface area contributed by atoms with Gasteiger partial charge in [0.2, 0.25) is 0 Å². The minimum absolute atomic E-state index is 0.108. The van der Waals surface area contributed by atoms with Crippen molar-refractivity contribution < 1.29 is 4.79 Å². The van der Waals surface area contributed by atoms with E-state index in [1.54, 1.807) is 23.4 Å². The van der Waals surface area contributed by atoms with E-state index in [9.17, 15) is 4.79 Å². The van der Waals surface area contributed by atoms with E-state index in [1.807, 2.05) is 11.9 Å². The number of fused-ring (bicyclic) bond motifs is 1. The molecule has 19 heavy (non-hydrogen) atoms. The average Bonchev–Trinajstić information content (AvgIpc) is 2.73. The molecule has 0 aliphatic carbocycles. The van der Waals surface area contributed by atoms with E-state index in [2.05, 4.69) is 16.0 Å². The normalized spacial score (nSPS) is 22.4. The summed E-state index contributed by atoms with van der Waals surface area (Å²) in [6.07, 6.45) is 3.36. The molecule has 1 unspecified atom stereocenters. The van der Waals surface area contributed by atoms with E-state index in [1.165, 1.54) is 0 Å². The van der Waals surface area contributed by atoms with Crippen LogP contribution in [0.25, 0.3) is 0 Å². The van der Waals surface area contributed by atoms with Gasteiger partial charge in [-0.05, 0) is 6.07 Å². The van der Waals surface area contributed by atoms with Gasteiger partial charge in [0.25, 0.3) is 0 Å². The molecule has 0 aromatic carbocycles. The molecule has 1 aromatic heterocycles. The second-order valence-electron chi connectivity index (χ2n) is 4.96. The number of aromatic nitrogens is 1. The van der Waals surface area contributed by atoms with Crippen LogP contribution < -0.4 is 4.90 Å². The molecule has 2 amide bonds. The van der Waals surface area contributed by atoms with Gasteiger partial charge in [-0.15, -0.1) is 0 Å². The first-order valence-corrected chi connectivity index (χ1v) is 6.31. The van der Waals surface area contributed by atoms with E-state index in [0.717, 1.165) is 25.3 Å². The van der Waals surface area contributed by atoms with E-state index < -0.39 is 0 Å². The Hall–Kier alpha value is -2.29. The minimum Gasteiger partial charge on any atom is -0.365 e. The molecule has 0 N–H and O–H groups in total. The number of piperazine rings is 1. The van der Waals surface area contributed by atoms with Gasteiger partial charge in [-0.2, -0.15) is 5.26 Å². The Kier molecular flexibility index (Phi) is 2.75. The number of nitriles is 1. The molecule has 6 nitrogen and oxygen atoms in total. The summed E-state index contributed by atoms with van der Waals surface area (Å²) < 4.78 is 0. The van der Waals surface area contributed by atoms with Gasteiger partial charge in [0.1, 0.15) is 6.07 Å². The zero-order valence-electron chi connectivity index (χ0n) is 10.8. The second kappa shape index (κ2) is 4.43. The van der Waals surface area contributed by atoms with Crippen molar-refractivity contribution in [1.82, 2.24) is 14.8 Å². The Labute approximate surface area is 111 Å².